The molecule has 0 fully saturated rings. The summed E-state index contributed by atoms with van der Waals surface area (Å²) in [6.07, 6.45) is 4.86. The fourth-order valence-electron chi connectivity index (χ4n) is 1.88. The molecule has 0 aliphatic rings. The molecule has 16 heavy (non-hydrogen) atoms. The molecule has 0 radical (unpaired) electrons. The van der Waals surface area contributed by atoms with Crippen LogP contribution >= 0.6 is 0 Å². The molecule has 0 saturated carbocycles. The molecule has 1 N–H and O–H groups in total. The van der Waals surface area contributed by atoms with Gasteiger partial charge in [-0.25, -0.2) is 0 Å². The third-order valence-corrected chi connectivity index (χ3v) is 2.93. The molecular formula is C14H23NO. The van der Waals surface area contributed by atoms with E-state index >= 15 is 0 Å². The summed E-state index contributed by atoms with van der Waals surface area (Å²) in [5, 5.41) is 3.38. The number of ether oxygens (including phenoxy) is 1. The van der Waals surface area contributed by atoms with E-state index in [0.29, 0.717) is 6.04 Å². The van der Waals surface area contributed by atoms with E-state index < -0.39 is 0 Å². The summed E-state index contributed by atoms with van der Waals surface area (Å²) in [5.74, 6) is 0.947. The molecule has 0 spiro atoms. The minimum Gasteiger partial charge on any atom is -0.497 e. The fraction of sp³-hybridized carbons (Fsp3) is 0.571. The summed E-state index contributed by atoms with van der Waals surface area (Å²) < 4.78 is 5.23. The van der Waals surface area contributed by atoms with E-state index in [1.165, 1.54) is 24.8 Å². The van der Waals surface area contributed by atoms with Gasteiger partial charge >= 0.3 is 0 Å². The zero-order chi connectivity index (χ0) is 11.8. The highest BCUT2D eigenvalue weighted by Gasteiger charge is 2.06. The van der Waals surface area contributed by atoms with Crippen molar-refractivity contribution in [3.05, 3.63) is 29.8 Å². The molecule has 90 valence electrons. The van der Waals surface area contributed by atoms with E-state index in [2.05, 4.69) is 30.4 Å². The van der Waals surface area contributed by atoms with E-state index in [-0.39, 0.29) is 0 Å². The lowest BCUT2D eigenvalue weighted by molar-refractivity contribution is 0.413. The van der Waals surface area contributed by atoms with Gasteiger partial charge in [0, 0.05) is 6.04 Å². The second-order valence-electron chi connectivity index (χ2n) is 4.18. The Morgan fingerprint density at radius 1 is 1.38 bits per heavy atom. The SMILES string of the molecule is CCCCC(Cc1cccc(OC)c1)NC. The first-order valence-corrected chi connectivity index (χ1v) is 6.10. The van der Waals surface area contributed by atoms with E-state index in [4.69, 9.17) is 4.74 Å². The van der Waals surface area contributed by atoms with E-state index in [1.54, 1.807) is 7.11 Å². The summed E-state index contributed by atoms with van der Waals surface area (Å²) in [4.78, 5) is 0. The highest BCUT2D eigenvalue weighted by molar-refractivity contribution is 5.28. The summed E-state index contributed by atoms with van der Waals surface area (Å²) >= 11 is 0. The minimum absolute atomic E-state index is 0.576. The Hall–Kier alpha value is -1.02. The van der Waals surface area contributed by atoms with Crippen LogP contribution in [0.3, 0.4) is 0 Å². The van der Waals surface area contributed by atoms with Crippen LogP contribution in [0.15, 0.2) is 24.3 Å². The molecule has 0 heterocycles. The first kappa shape index (κ1) is 13.0. The van der Waals surface area contributed by atoms with Crippen LogP contribution in [0.5, 0.6) is 5.75 Å². The highest BCUT2D eigenvalue weighted by Crippen LogP contribution is 2.15. The lowest BCUT2D eigenvalue weighted by Crippen LogP contribution is -2.27. The second kappa shape index (κ2) is 7.29. The van der Waals surface area contributed by atoms with Gasteiger partial charge in [-0.1, -0.05) is 31.9 Å². The molecule has 0 aromatic heterocycles. The van der Waals surface area contributed by atoms with Gasteiger partial charge in [0.2, 0.25) is 0 Å². The van der Waals surface area contributed by atoms with Crippen molar-refractivity contribution in [3.63, 3.8) is 0 Å². The average molecular weight is 221 g/mol. The molecule has 2 heteroatoms. The Morgan fingerprint density at radius 3 is 2.81 bits per heavy atom. The summed E-state index contributed by atoms with van der Waals surface area (Å²) in [6, 6.07) is 8.91. The van der Waals surface area contributed by atoms with Crippen molar-refractivity contribution in [1.82, 2.24) is 5.32 Å². The van der Waals surface area contributed by atoms with E-state index in [9.17, 15) is 0 Å². The molecule has 0 saturated heterocycles. The third-order valence-electron chi connectivity index (χ3n) is 2.93. The molecule has 1 aromatic rings. The smallest absolute Gasteiger partial charge is 0.119 e. The molecule has 0 bridgehead atoms. The lowest BCUT2D eigenvalue weighted by atomic mass is 10.0. The average Bonchev–Trinajstić information content (AvgIpc) is 2.34. The van der Waals surface area contributed by atoms with Crippen molar-refractivity contribution in [3.8, 4) is 5.75 Å². The second-order valence-corrected chi connectivity index (χ2v) is 4.18. The normalized spacial score (nSPS) is 12.4. The van der Waals surface area contributed by atoms with E-state index in [1.807, 2.05) is 13.1 Å². The molecule has 1 rings (SSSR count). The van der Waals surface area contributed by atoms with Gasteiger partial charge in [0.1, 0.15) is 5.75 Å². The highest BCUT2D eigenvalue weighted by atomic mass is 16.5. The van der Waals surface area contributed by atoms with Crippen molar-refractivity contribution in [2.45, 2.75) is 38.6 Å². The van der Waals surface area contributed by atoms with Crippen LogP contribution < -0.4 is 10.1 Å². The molecule has 1 atom stereocenters. The Balaban J connectivity index is 2.55. The zero-order valence-corrected chi connectivity index (χ0v) is 10.6. The van der Waals surface area contributed by atoms with Gasteiger partial charge in [-0.05, 0) is 37.6 Å². The number of unbranched alkanes of at least 4 members (excludes halogenated alkanes) is 1. The van der Waals surface area contributed by atoms with Crippen molar-refractivity contribution >= 4 is 0 Å². The van der Waals surface area contributed by atoms with Crippen molar-refractivity contribution in [2.75, 3.05) is 14.2 Å². The number of methoxy groups -OCH3 is 1. The predicted molar refractivity (Wildman–Crippen MR) is 69.1 cm³/mol. The topological polar surface area (TPSA) is 21.3 Å². The number of likely N-dealkylation sites (N-methyl/N-ethyl adjacent to an activating group) is 1. The number of nitrogens with one attached hydrogen (secondary N) is 1. The van der Waals surface area contributed by atoms with Crippen LogP contribution in [0.25, 0.3) is 0 Å². The largest absolute Gasteiger partial charge is 0.497 e. The minimum atomic E-state index is 0.576. The van der Waals surface area contributed by atoms with Crippen LogP contribution in [0, 0.1) is 0 Å². The molecule has 0 aliphatic carbocycles. The van der Waals surface area contributed by atoms with Gasteiger partial charge in [0.25, 0.3) is 0 Å². The van der Waals surface area contributed by atoms with Crippen molar-refractivity contribution < 1.29 is 4.74 Å². The first-order chi connectivity index (χ1) is 7.80. The summed E-state index contributed by atoms with van der Waals surface area (Å²) in [5.41, 5.74) is 1.34. The zero-order valence-electron chi connectivity index (χ0n) is 10.6. The third kappa shape index (κ3) is 4.23. The number of hydrogen-bond acceptors (Lipinski definition) is 2. The first-order valence-electron chi connectivity index (χ1n) is 6.10. The molecule has 2 nitrogen and oxygen atoms in total. The van der Waals surface area contributed by atoms with Gasteiger partial charge < -0.3 is 10.1 Å². The molecule has 1 unspecified atom stereocenters. The lowest BCUT2D eigenvalue weighted by Gasteiger charge is -2.16. The van der Waals surface area contributed by atoms with Gasteiger partial charge in [0.05, 0.1) is 7.11 Å². The molecular weight excluding hydrogens is 198 g/mol. The maximum Gasteiger partial charge on any atom is 0.119 e. The van der Waals surface area contributed by atoms with E-state index in [0.717, 1.165) is 12.2 Å². The van der Waals surface area contributed by atoms with Gasteiger partial charge in [-0.15, -0.1) is 0 Å². The van der Waals surface area contributed by atoms with Crippen LogP contribution in [0.2, 0.25) is 0 Å². The summed E-state index contributed by atoms with van der Waals surface area (Å²) in [6.45, 7) is 2.23. The van der Waals surface area contributed by atoms with Crippen molar-refractivity contribution in [1.29, 1.82) is 0 Å². The Morgan fingerprint density at radius 2 is 2.19 bits per heavy atom. The van der Waals surface area contributed by atoms with Crippen LogP contribution in [0.4, 0.5) is 0 Å². The quantitative estimate of drug-likeness (QED) is 0.764. The molecule has 0 amide bonds. The standard InChI is InChI=1S/C14H23NO/c1-4-5-8-13(15-2)10-12-7-6-9-14(11-12)16-3/h6-7,9,11,13,15H,4-5,8,10H2,1-3H3. The number of rotatable bonds is 7. The van der Waals surface area contributed by atoms with Crippen LogP contribution in [-0.4, -0.2) is 20.2 Å². The van der Waals surface area contributed by atoms with Gasteiger partial charge in [-0.3, -0.25) is 0 Å². The van der Waals surface area contributed by atoms with Crippen LogP contribution in [-0.2, 0) is 6.42 Å². The van der Waals surface area contributed by atoms with Crippen LogP contribution in [0.1, 0.15) is 31.7 Å². The Bertz CT molecular complexity index is 299. The maximum atomic E-state index is 5.23. The number of benzene rings is 1. The Kier molecular flexibility index (Phi) is 5.94. The molecule has 1 aromatic carbocycles. The number of hydrogen-bond donors (Lipinski definition) is 1. The summed E-state index contributed by atoms with van der Waals surface area (Å²) in [7, 11) is 3.76. The van der Waals surface area contributed by atoms with Crippen molar-refractivity contribution in [2.24, 2.45) is 0 Å². The Labute approximate surface area is 99.0 Å². The fourth-order valence-corrected chi connectivity index (χ4v) is 1.88. The maximum absolute atomic E-state index is 5.23. The van der Waals surface area contributed by atoms with Gasteiger partial charge in [-0.2, -0.15) is 0 Å². The van der Waals surface area contributed by atoms with Gasteiger partial charge in [0.15, 0.2) is 0 Å². The monoisotopic (exact) mass is 221 g/mol. The predicted octanol–water partition coefficient (Wildman–Crippen LogP) is 3.02. The molecule has 0 aliphatic heterocycles.